The number of sulfonamides is 1. The molecule has 108 valence electrons. The molecule has 4 nitrogen and oxygen atoms in total. The SMILES string of the molecule is N#Cc1cccc2cccc(S(=O)(=O)Nc3ccccc3)c12. The standard InChI is InChI=1S/C17H12N2O2S/c18-12-14-8-4-6-13-7-5-11-16(17(13)14)22(20,21)19-15-9-2-1-3-10-15/h1-11,19H. The summed E-state index contributed by atoms with van der Waals surface area (Å²) in [7, 11) is -3.77. The number of rotatable bonds is 3. The molecular formula is C17H12N2O2S. The molecular weight excluding hydrogens is 296 g/mol. The number of anilines is 1. The molecule has 0 atom stereocenters. The molecule has 0 radical (unpaired) electrons. The summed E-state index contributed by atoms with van der Waals surface area (Å²) >= 11 is 0. The highest BCUT2D eigenvalue weighted by molar-refractivity contribution is 7.93. The molecule has 0 unspecified atom stereocenters. The van der Waals surface area contributed by atoms with Crippen LogP contribution in [0.2, 0.25) is 0 Å². The third-order valence-corrected chi connectivity index (χ3v) is 4.73. The summed E-state index contributed by atoms with van der Waals surface area (Å²) < 4.78 is 27.9. The van der Waals surface area contributed by atoms with E-state index in [-0.39, 0.29) is 4.90 Å². The van der Waals surface area contributed by atoms with Gasteiger partial charge in [0.15, 0.2) is 0 Å². The first-order valence-electron chi connectivity index (χ1n) is 6.61. The van der Waals surface area contributed by atoms with Crippen LogP contribution in [0.3, 0.4) is 0 Å². The molecule has 1 N–H and O–H groups in total. The van der Waals surface area contributed by atoms with Crippen molar-refractivity contribution in [3.05, 3.63) is 72.3 Å². The Hall–Kier alpha value is -2.84. The van der Waals surface area contributed by atoms with Crippen LogP contribution in [0, 0.1) is 11.3 Å². The molecule has 0 aliphatic carbocycles. The van der Waals surface area contributed by atoms with Gasteiger partial charge in [-0.25, -0.2) is 8.42 Å². The lowest BCUT2D eigenvalue weighted by Gasteiger charge is -2.11. The fraction of sp³-hybridized carbons (Fsp3) is 0. The Morgan fingerprint density at radius 3 is 2.23 bits per heavy atom. The highest BCUT2D eigenvalue weighted by Crippen LogP contribution is 2.27. The van der Waals surface area contributed by atoms with E-state index in [4.69, 9.17) is 0 Å². The van der Waals surface area contributed by atoms with Crippen LogP contribution in [0.25, 0.3) is 10.8 Å². The molecule has 0 aromatic heterocycles. The van der Waals surface area contributed by atoms with Crippen molar-refractivity contribution in [1.29, 1.82) is 5.26 Å². The summed E-state index contributed by atoms with van der Waals surface area (Å²) in [5.74, 6) is 0. The van der Waals surface area contributed by atoms with Crippen molar-refractivity contribution in [2.24, 2.45) is 0 Å². The van der Waals surface area contributed by atoms with Gasteiger partial charge in [0.2, 0.25) is 0 Å². The minimum absolute atomic E-state index is 0.103. The maximum atomic E-state index is 12.7. The average molecular weight is 308 g/mol. The zero-order chi connectivity index (χ0) is 15.6. The number of nitrogens with one attached hydrogen (secondary N) is 1. The van der Waals surface area contributed by atoms with Gasteiger partial charge in [-0.15, -0.1) is 0 Å². The molecule has 5 heteroatoms. The molecule has 3 aromatic rings. The first kappa shape index (κ1) is 14.1. The van der Waals surface area contributed by atoms with Gasteiger partial charge in [0.25, 0.3) is 10.0 Å². The second kappa shape index (κ2) is 5.51. The van der Waals surface area contributed by atoms with Crippen LogP contribution in [0.4, 0.5) is 5.69 Å². The quantitative estimate of drug-likeness (QED) is 0.805. The van der Waals surface area contributed by atoms with E-state index < -0.39 is 10.0 Å². The molecule has 0 bridgehead atoms. The van der Waals surface area contributed by atoms with Crippen LogP contribution >= 0.6 is 0 Å². The first-order valence-corrected chi connectivity index (χ1v) is 8.10. The summed E-state index contributed by atoms with van der Waals surface area (Å²) in [4.78, 5) is 0.103. The molecule has 22 heavy (non-hydrogen) atoms. The van der Waals surface area contributed by atoms with Crippen molar-refractivity contribution in [2.45, 2.75) is 4.90 Å². The van der Waals surface area contributed by atoms with E-state index in [1.165, 1.54) is 6.07 Å². The van der Waals surface area contributed by atoms with Gasteiger partial charge in [0.05, 0.1) is 16.5 Å². The van der Waals surface area contributed by atoms with E-state index in [2.05, 4.69) is 10.8 Å². The average Bonchev–Trinajstić information content (AvgIpc) is 2.54. The van der Waals surface area contributed by atoms with E-state index in [1.54, 1.807) is 54.6 Å². The Balaban J connectivity index is 2.20. The Bertz CT molecular complexity index is 969. The number of nitrogens with zero attached hydrogens (tertiary/aromatic N) is 1. The second-order valence-electron chi connectivity index (χ2n) is 4.74. The summed E-state index contributed by atoms with van der Waals surface area (Å²) in [6.07, 6.45) is 0. The van der Waals surface area contributed by atoms with Gasteiger partial charge in [-0.3, -0.25) is 4.72 Å². The maximum Gasteiger partial charge on any atom is 0.262 e. The van der Waals surface area contributed by atoms with E-state index >= 15 is 0 Å². The van der Waals surface area contributed by atoms with Crippen LogP contribution < -0.4 is 4.72 Å². The van der Waals surface area contributed by atoms with Crippen LogP contribution in [-0.4, -0.2) is 8.42 Å². The topological polar surface area (TPSA) is 70.0 Å². The Kier molecular flexibility index (Phi) is 3.53. The van der Waals surface area contributed by atoms with E-state index in [9.17, 15) is 13.7 Å². The number of nitriles is 1. The van der Waals surface area contributed by atoms with Gasteiger partial charge in [-0.1, -0.05) is 42.5 Å². The van der Waals surface area contributed by atoms with Crippen molar-refractivity contribution in [3.8, 4) is 6.07 Å². The normalized spacial score (nSPS) is 11.0. The van der Waals surface area contributed by atoms with Crippen molar-refractivity contribution in [1.82, 2.24) is 0 Å². The number of benzene rings is 3. The van der Waals surface area contributed by atoms with Crippen LogP contribution in [0.15, 0.2) is 71.6 Å². The zero-order valence-electron chi connectivity index (χ0n) is 11.5. The third kappa shape index (κ3) is 2.52. The van der Waals surface area contributed by atoms with Crippen molar-refractivity contribution < 1.29 is 8.42 Å². The van der Waals surface area contributed by atoms with Crippen LogP contribution in [-0.2, 0) is 10.0 Å². The molecule has 0 heterocycles. The lowest BCUT2D eigenvalue weighted by atomic mass is 10.1. The van der Waals surface area contributed by atoms with Crippen molar-refractivity contribution in [2.75, 3.05) is 4.72 Å². The van der Waals surface area contributed by atoms with Gasteiger partial charge in [-0.05, 0) is 29.7 Å². The number of fused-ring (bicyclic) bond motifs is 1. The molecule has 0 amide bonds. The highest BCUT2D eigenvalue weighted by Gasteiger charge is 2.19. The van der Waals surface area contributed by atoms with Crippen molar-refractivity contribution in [3.63, 3.8) is 0 Å². The van der Waals surface area contributed by atoms with Gasteiger partial charge < -0.3 is 0 Å². The number of hydrogen-bond acceptors (Lipinski definition) is 3. The smallest absolute Gasteiger partial charge is 0.262 e. The molecule has 0 saturated carbocycles. The summed E-state index contributed by atoms with van der Waals surface area (Å²) in [6.45, 7) is 0. The minimum atomic E-state index is -3.77. The summed E-state index contributed by atoms with van der Waals surface area (Å²) in [5.41, 5.74) is 0.820. The monoisotopic (exact) mass is 308 g/mol. The number of para-hydroxylation sites is 1. The second-order valence-corrected chi connectivity index (χ2v) is 6.39. The highest BCUT2D eigenvalue weighted by atomic mass is 32.2. The maximum absolute atomic E-state index is 12.7. The van der Waals surface area contributed by atoms with Gasteiger partial charge >= 0.3 is 0 Å². The lowest BCUT2D eigenvalue weighted by Crippen LogP contribution is -2.13. The Morgan fingerprint density at radius 2 is 1.55 bits per heavy atom. The fourth-order valence-corrected chi connectivity index (χ4v) is 3.65. The Morgan fingerprint density at radius 1 is 0.864 bits per heavy atom. The van der Waals surface area contributed by atoms with Gasteiger partial charge in [0.1, 0.15) is 0 Å². The fourth-order valence-electron chi connectivity index (χ4n) is 2.34. The van der Waals surface area contributed by atoms with Crippen molar-refractivity contribution >= 4 is 26.5 Å². The molecule has 0 fully saturated rings. The largest absolute Gasteiger partial charge is 0.280 e. The van der Waals surface area contributed by atoms with E-state index in [1.807, 2.05) is 6.07 Å². The summed E-state index contributed by atoms with van der Waals surface area (Å²) in [6, 6.07) is 20.8. The lowest BCUT2D eigenvalue weighted by molar-refractivity contribution is 0.602. The predicted octanol–water partition coefficient (Wildman–Crippen LogP) is 3.51. The van der Waals surface area contributed by atoms with Crippen LogP contribution in [0.1, 0.15) is 5.56 Å². The molecule has 0 saturated heterocycles. The summed E-state index contributed by atoms with van der Waals surface area (Å²) in [5, 5.41) is 10.4. The minimum Gasteiger partial charge on any atom is -0.280 e. The van der Waals surface area contributed by atoms with Crippen LogP contribution in [0.5, 0.6) is 0 Å². The number of hydrogen-bond donors (Lipinski definition) is 1. The Labute approximate surface area is 128 Å². The van der Waals surface area contributed by atoms with Gasteiger partial charge in [0, 0.05) is 11.1 Å². The van der Waals surface area contributed by atoms with Gasteiger partial charge in [-0.2, -0.15) is 5.26 Å². The molecule has 0 aliphatic rings. The van der Waals surface area contributed by atoms with E-state index in [0.717, 1.165) is 5.39 Å². The molecule has 0 aliphatic heterocycles. The zero-order valence-corrected chi connectivity index (χ0v) is 12.3. The van der Waals surface area contributed by atoms with E-state index in [0.29, 0.717) is 16.6 Å². The molecule has 0 spiro atoms. The predicted molar refractivity (Wildman–Crippen MR) is 85.9 cm³/mol. The molecule has 3 aromatic carbocycles. The first-order chi connectivity index (χ1) is 10.6. The molecule has 3 rings (SSSR count). The third-order valence-electron chi connectivity index (χ3n) is 3.30.